The summed E-state index contributed by atoms with van der Waals surface area (Å²) in [4.78, 5) is 59.6. The summed E-state index contributed by atoms with van der Waals surface area (Å²) in [6.07, 6.45) is -0.0572. The molecule has 31 heavy (non-hydrogen) atoms. The molecule has 0 saturated carbocycles. The molecule has 0 aromatic carbocycles. The summed E-state index contributed by atoms with van der Waals surface area (Å²) in [5.74, 6) is -5.38. The minimum Gasteiger partial charge on any atom is -0.481 e. The van der Waals surface area contributed by atoms with Crippen molar-refractivity contribution in [2.45, 2.75) is 63.9 Å². The van der Waals surface area contributed by atoms with E-state index in [-0.39, 0.29) is 0 Å². The van der Waals surface area contributed by atoms with Crippen LogP contribution < -0.4 is 21.7 Å². The van der Waals surface area contributed by atoms with Crippen molar-refractivity contribution in [2.24, 2.45) is 11.7 Å². The lowest BCUT2D eigenvalue weighted by Crippen LogP contribution is -2.60. The van der Waals surface area contributed by atoms with E-state index in [4.69, 9.17) is 10.8 Å². The van der Waals surface area contributed by atoms with Gasteiger partial charge in [-0.05, 0) is 31.3 Å². The largest absolute Gasteiger partial charge is 0.481 e. The fourth-order valence-corrected chi connectivity index (χ4v) is 2.94. The van der Waals surface area contributed by atoms with Crippen molar-refractivity contribution in [3.63, 3.8) is 0 Å². The molecule has 3 amide bonds. The Kier molecular flexibility index (Phi) is 12.8. The Morgan fingerprint density at radius 1 is 0.903 bits per heavy atom. The lowest BCUT2D eigenvalue weighted by atomic mass is 10.0. The third kappa shape index (κ3) is 10.5. The molecule has 0 rings (SSSR count). The van der Waals surface area contributed by atoms with Gasteiger partial charge in [-0.25, -0.2) is 4.79 Å². The van der Waals surface area contributed by atoms with Crippen LogP contribution in [0.25, 0.3) is 0 Å². The SMILES string of the molecule is CSCCC(N)C(=O)NC(C(=O)NC(CC(=O)O)C(=O)NC(C(=O)O)C(C)C)C(C)O. The number of aliphatic hydroxyl groups excluding tert-OH is 1. The van der Waals surface area contributed by atoms with Crippen LogP contribution in [0.3, 0.4) is 0 Å². The van der Waals surface area contributed by atoms with Crippen LogP contribution in [-0.4, -0.2) is 87.3 Å². The molecule has 0 saturated heterocycles. The molecule has 5 atom stereocenters. The smallest absolute Gasteiger partial charge is 0.326 e. The van der Waals surface area contributed by atoms with Crippen molar-refractivity contribution in [3.05, 3.63) is 0 Å². The van der Waals surface area contributed by atoms with Crippen LogP contribution in [0.1, 0.15) is 33.6 Å². The van der Waals surface area contributed by atoms with Gasteiger partial charge in [0.2, 0.25) is 17.7 Å². The van der Waals surface area contributed by atoms with E-state index < -0.39 is 72.3 Å². The van der Waals surface area contributed by atoms with Gasteiger partial charge in [-0.1, -0.05) is 13.8 Å². The topological polar surface area (TPSA) is 208 Å². The van der Waals surface area contributed by atoms with Gasteiger partial charge in [-0.3, -0.25) is 19.2 Å². The van der Waals surface area contributed by atoms with Gasteiger partial charge in [0.05, 0.1) is 18.6 Å². The van der Waals surface area contributed by atoms with Crippen molar-refractivity contribution in [1.82, 2.24) is 16.0 Å². The van der Waals surface area contributed by atoms with E-state index >= 15 is 0 Å². The van der Waals surface area contributed by atoms with Crippen LogP contribution in [0.5, 0.6) is 0 Å². The number of hydrogen-bond acceptors (Lipinski definition) is 8. The molecule has 8 N–H and O–H groups in total. The zero-order valence-electron chi connectivity index (χ0n) is 18.0. The van der Waals surface area contributed by atoms with E-state index in [2.05, 4.69) is 16.0 Å². The molecular formula is C18H32N4O8S. The highest BCUT2D eigenvalue weighted by Crippen LogP contribution is 2.05. The fourth-order valence-electron chi connectivity index (χ4n) is 2.45. The number of nitrogens with one attached hydrogen (secondary N) is 3. The van der Waals surface area contributed by atoms with Gasteiger partial charge in [0.25, 0.3) is 0 Å². The highest BCUT2D eigenvalue weighted by molar-refractivity contribution is 7.98. The summed E-state index contributed by atoms with van der Waals surface area (Å²) in [7, 11) is 0. The Labute approximate surface area is 184 Å². The Morgan fingerprint density at radius 2 is 1.45 bits per heavy atom. The summed E-state index contributed by atoms with van der Waals surface area (Å²) in [6, 6.07) is -5.37. The third-order valence-corrected chi connectivity index (χ3v) is 4.92. The number of carbonyl (C=O) groups is 5. The lowest BCUT2D eigenvalue weighted by molar-refractivity contribution is -0.144. The maximum atomic E-state index is 12.6. The summed E-state index contributed by atoms with van der Waals surface area (Å²) in [5, 5.41) is 34.8. The van der Waals surface area contributed by atoms with Gasteiger partial charge in [-0.2, -0.15) is 11.8 Å². The minimum atomic E-state index is -1.63. The van der Waals surface area contributed by atoms with Crippen molar-refractivity contribution in [1.29, 1.82) is 0 Å². The first-order valence-corrected chi connectivity index (χ1v) is 11.0. The average molecular weight is 465 g/mol. The third-order valence-electron chi connectivity index (χ3n) is 4.27. The first-order chi connectivity index (χ1) is 14.3. The molecular weight excluding hydrogens is 432 g/mol. The summed E-state index contributed by atoms with van der Waals surface area (Å²) in [5.41, 5.74) is 5.74. The molecule has 0 aromatic rings. The van der Waals surface area contributed by atoms with E-state index in [1.54, 1.807) is 13.8 Å². The molecule has 0 fully saturated rings. The number of thioether (sulfide) groups is 1. The monoisotopic (exact) mass is 464 g/mol. The van der Waals surface area contributed by atoms with Gasteiger partial charge in [0.1, 0.15) is 18.1 Å². The maximum Gasteiger partial charge on any atom is 0.326 e. The summed E-state index contributed by atoms with van der Waals surface area (Å²) in [6.45, 7) is 4.32. The molecule has 0 aliphatic rings. The van der Waals surface area contributed by atoms with Gasteiger partial charge < -0.3 is 37.0 Å². The van der Waals surface area contributed by atoms with E-state index in [1.807, 2.05) is 6.26 Å². The molecule has 0 aliphatic carbocycles. The number of aliphatic hydroxyl groups is 1. The molecule has 0 radical (unpaired) electrons. The molecule has 5 unspecified atom stereocenters. The van der Waals surface area contributed by atoms with Crippen LogP contribution in [0.15, 0.2) is 0 Å². The first kappa shape index (κ1) is 28.6. The van der Waals surface area contributed by atoms with E-state index in [1.165, 1.54) is 18.7 Å². The van der Waals surface area contributed by atoms with Crippen LogP contribution in [-0.2, 0) is 24.0 Å². The second kappa shape index (κ2) is 13.8. The maximum absolute atomic E-state index is 12.6. The van der Waals surface area contributed by atoms with Crippen molar-refractivity contribution in [2.75, 3.05) is 12.0 Å². The Hall–Kier alpha value is -2.38. The molecule has 0 aliphatic heterocycles. The van der Waals surface area contributed by atoms with Gasteiger partial charge in [0, 0.05) is 0 Å². The number of hydrogen-bond donors (Lipinski definition) is 7. The van der Waals surface area contributed by atoms with E-state index in [0.717, 1.165) is 0 Å². The molecule has 178 valence electrons. The summed E-state index contributed by atoms with van der Waals surface area (Å²) >= 11 is 1.47. The van der Waals surface area contributed by atoms with Crippen molar-refractivity contribution < 1.29 is 39.3 Å². The van der Waals surface area contributed by atoms with Gasteiger partial charge in [0.15, 0.2) is 0 Å². The predicted octanol–water partition coefficient (Wildman–Crippen LogP) is -1.88. The molecule has 0 bridgehead atoms. The number of carbonyl (C=O) groups excluding carboxylic acids is 3. The zero-order valence-corrected chi connectivity index (χ0v) is 18.8. The second-order valence-corrected chi connectivity index (χ2v) is 8.33. The second-order valence-electron chi connectivity index (χ2n) is 7.34. The van der Waals surface area contributed by atoms with Crippen LogP contribution >= 0.6 is 11.8 Å². The average Bonchev–Trinajstić information content (AvgIpc) is 2.65. The molecule has 0 heterocycles. The Bertz CT molecular complexity index is 658. The van der Waals surface area contributed by atoms with Gasteiger partial charge in [-0.15, -0.1) is 0 Å². The molecule has 0 spiro atoms. The normalized spacial score (nSPS) is 15.8. The van der Waals surface area contributed by atoms with E-state index in [9.17, 15) is 34.2 Å². The van der Waals surface area contributed by atoms with Crippen molar-refractivity contribution in [3.8, 4) is 0 Å². The van der Waals surface area contributed by atoms with Crippen molar-refractivity contribution >= 4 is 41.4 Å². The highest BCUT2D eigenvalue weighted by Gasteiger charge is 2.33. The predicted molar refractivity (Wildman–Crippen MR) is 113 cm³/mol. The minimum absolute atomic E-state index is 0.330. The number of carboxylic acid groups (broad SMARTS) is 2. The van der Waals surface area contributed by atoms with Gasteiger partial charge >= 0.3 is 11.9 Å². The van der Waals surface area contributed by atoms with E-state index in [0.29, 0.717) is 12.2 Å². The molecule has 12 nitrogen and oxygen atoms in total. The fraction of sp³-hybridized carbons (Fsp3) is 0.722. The summed E-state index contributed by atoms with van der Waals surface area (Å²) < 4.78 is 0. The highest BCUT2D eigenvalue weighted by atomic mass is 32.2. The Morgan fingerprint density at radius 3 is 1.87 bits per heavy atom. The van der Waals surface area contributed by atoms with Crippen LogP contribution in [0.4, 0.5) is 0 Å². The number of aliphatic carboxylic acids is 2. The molecule has 13 heteroatoms. The quantitative estimate of drug-likeness (QED) is 0.152. The lowest BCUT2D eigenvalue weighted by Gasteiger charge is -2.26. The first-order valence-electron chi connectivity index (χ1n) is 9.60. The standard InChI is InChI=1S/C18H32N4O8S/c1-8(2)13(18(29)30)21-16(27)11(7-12(24)25)20-17(28)14(9(3)23)22-15(26)10(19)5-6-31-4/h8-11,13-14,23H,5-7,19H2,1-4H3,(H,20,28)(H,21,27)(H,22,26)(H,24,25)(H,29,30). The number of carboxylic acids is 2. The zero-order chi connectivity index (χ0) is 24.3. The van der Waals surface area contributed by atoms with Crippen LogP contribution in [0.2, 0.25) is 0 Å². The number of nitrogens with two attached hydrogens (primary N) is 1. The number of amides is 3. The molecule has 0 aromatic heterocycles. The number of rotatable bonds is 14. The van der Waals surface area contributed by atoms with Crippen LogP contribution in [0, 0.1) is 5.92 Å². The Balaban J connectivity index is 5.39.